The van der Waals surface area contributed by atoms with Crippen LogP contribution < -0.4 is 4.74 Å². The molecular formula is C15H15NO3. The number of carbonyl (C=O) groups is 1. The summed E-state index contributed by atoms with van der Waals surface area (Å²) in [5.41, 5.74) is 0.867. The Bertz CT molecular complexity index is 600. The molecule has 0 spiro atoms. The predicted octanol–water partition coefficient (Wildman–Crippen LogP) is 2.57. The fourth-order valence-corrected chi connectivity index (χ4v) is 2.37. The number of rotatable bonds is 3. The van der Waals surface area contributed by atoms with Crippen molar-refractivity contribution in [3.63, 3.8) is 0 Å². The van der Waals surface area contributed by atoms with Crippen LogP contribution in [0.2, 0.25) is 0 Å². The van der Waals surface area contributed by atoms with E-state index in [0.717, 1.165) is 29.5 Å². The number of methoxy groups -OCH3 is 1. The van der Waals surface area contributed by atoms with E-state index in [1.165, 1.54) is 7.11 Å². The number of benzene rings is 1. The van der Waals surface area contributed by atoms with Crippen molar-refractivity contribution in [2.24, 2.45) is 5.92 Å². The van der Waals surface area contributed by atoms with Gasteiger partial charge in [0.25, 0.3) is 0 Å². The van der Waals surface area contributed by atoms with Gasteiger partial charge in [-0.1, -0.05) is 18.2 Å². The van der Waals surface area contributed by atoms with E-state index >= 15 is 0 Å². The molecule has 1 aromatic heterocycles. The second-order valence-corrected chi connectivity index (χ2v) is 4.76. The minimum Gasteiger partial charge on any atom is -0.488 e. The molecule has 19 heavy (non-hydrogen) atoms. The molecule has 98 valence electrons. The van der Waals surface area contributed by atoms with Crippen molar-refractivity contribution in [1.29, 1.82) is 0 Å². The van der Waals surface area contributed by atoms with Gasteiger partial charge in [-0.3, -0.25) is 9.78 Å². The van der Waals surface area contributed by atoms with Gasteiger partial charge in [0.2, 0.25) is 0 Å². The van der Waals surface area contributed by atoms with Gasteiger partial charge in [-0.05, 0) is 25.0 Å². The third-order valence-electron chi connectivity index (χ3n) is 3.52. The highest BCUT2D eigenvalue weighted by atomic mass is 16.5. The summed E-state index contributed by atoms with van der Waals surface area (Å²) in [5, 5.41) is 1.06. The number of carbonyl (C=O) groups excluding carboxylic acids is 1. The Morgan fingerprint density at radius 1 is 1.26 bits per heavy atom. The number of para-hydroxylation sites is 1. The zero-order chi connectivity index (χ0) is 13.2. The molecule has 4 heteroatoms. The minimum absolute atomic E-state index is 0.0158. The number of aromatic nitrogens is 1. The zero-order valence-electron chi connectivity index (χ0n) is 10.7. The van der Waals surface area contributed by atoms with E-state index < -0.39 is 0 Å². The SMILES string of the molecule is COC(=O)C1CC(Oc2cccc3cccnc23)C1. The molecule has 0 atom stereocenters. The van der Waals surface area contributed by atoms with Crippen LogP contribution in [-0.2, 0) is 9.53 Å². The van der Waals surface area contributed by atoms with Crippen LogP contribution in [0.3, 0.4) is 0 Å². The molecule has 1 aliphatic carbocycles. The van der Waals surface area contributed by atoms with E-state index in [1.54, 1.807) is 6.20 Å². The van der Waals surface area contributed by atoms with Crippen LogP contribution >= 0.6 is 0 Å². The molecule has 1 fully saturated rings. The normalized spacial score (nSPS) is 21.7. The van der Waals surface area contributed by atoms with E-state index in [4.69, 9.17) is 9.47 Å². The van der Waals surface area contributed by atoms with E-state index in [0.29, 0.717) is 0 Å². The van der Waals surface area contributed by atoms with Crippen molar-refractivity contribution in [3.8, 4) is 5.75 Å². The number of fused-ring (bicyclic) bond motifs is 1. The van der Waals surface area contributed by atoms with Crippen LogP contribution in [0.4, 0.5) is 0 Å². The van der Waals surface area contributed by atoms with Crippen LogP contribution in [0.15, 0.2) is 36.5 Å². The molecule has 0 unspecified atom stereocenters. The highest BCUT2D eigenvalue weighted by Crippen LogP contribution is 2.34. The molecule has 0 N–H and O–H groups in total. The van der Waals surface area contributed by atoms with Gasteiger partial charge < -0.3 is 9.47 Å². The van der Waals surface area contributed by atoms with Crippen molar-refractivity contribution in [2.75, 3.05) is 7.11 Å². The summed E-state index contributed by atoms with van der Waals surface area (Å²) in [5.74, 6) is 0.625. The summed E-state index contributed by atoms with van der Waals surface area (Å²) in [6, 6.07) is 9.79. The van der Waals surface area contributed by atoms with Crippen molar-refractivity contribution >= 4 is 16.9 Å². The second kappa shape index (κ2) is 4.88. The number of hydrogen-bond acceptors (Lipinski definition) is 4. The number of esters is 1. The highest BCUT2D eigenvalue weighted by molar-refractivity contribution is 5.84. The monoisotopic (exact) mass is 257 g/mol. The van der Waals surface area contributed by atoms with Crippen LogP contribution in [0, 0.1) is 5.92 Å². The fourth-order valence-electron chi connectivity index (χ4n) is 2.37. The van der Waals surface area contributed by atoms with Crippen LogP contribution in [0.25, 0.3) is 10.9 Å². The van der Waals surface area contributed by atoms with Gasteiger partial charge in [0.15, 0.2) is 0 Å². The average molecular weight is 257 g/mol. The number of hydrogen-bond donors (Lipinski definition) is 0. The molecule has 0 saturated heterocycles. The van der Waals surface area contributed by atoms with Gasteiger partial charge in [-0.2, -0.15) is 0 Å². The first-order chi connectivity index (χ1) is 9.28. The second-order valence-electron chi connectivity index (χ2n) is 4.76. The average Bonchev–Trinajstić information content (AvgIpc) is 2.41. The molecule has 1 aliphatic rings. The topological polar surface area (TPSA) is 48.4 Å². The number of ether oxygens (including phenoxy) is 2. The number of pyridine rings is 1. The largest absolute Gasteiger partial charge is 0.488 e. The standard InChI is InChI=1S/C15H15NO3/c1-18-15(17)11-8-12(9-11)19-13-6-2-4-10-5-3-7-16-14(10)13/h2-7,11-12H,8-9H2,1H3. The summed E-state index contributed by atoms with van der Waals surface area (Å²) < 4.78 is 10.6. The maximum absolute atomic E-state index is 11.3. The molecular weight excluding hydrogens is 242 g/mol. The van der Waals surface area contributed by atoms with Crippen LogP contribution in [-0.4, -0.2) is 24.2 Å². The molecule has 1 saturated carbocycles. The number of nitrogens with zero attached hydrogens (tertiary/aromatic N) is 1. The first kappa shape index (κ1) is 12.0. The Morgan fingerprint density at radius 2 is 2.05 bits per heavy atom. The van der Waals surface area contributed by atoms with Gasteiger partial charge in [-0.15, -0.1) is 0 Å². The molecule has 0 aliphatic heterocycles. The zero-order valence-corrected chi connectivity index (χ0v) is 10.7. The van der Waals surface area contributed by atoms with Gasteiger partial charge in [0.05, 0.1) is 13.0 Å². The smallest absolute Gasteiger partial charge is 0.308 e. The van der Waals surface area contributed by atoms with Gasteiger partial charge in [-0.25, -0.2) is 0 Å². The Hall–Kier alpha value is -2.10. The molecule has 2 aromatic rings. The lowest BCUT2D eigenvalue weighted by molar-refractivity contribution is -0.151. The highest BCUT2D eigenvalue weighted by Gasteiger charge is 2.37. The molecule has 4 nitrogen and oxygen atoms in total. The Labute approximate surface area is 111 Å². The van der Waals surface area contributed by atoms with Gasteiger partial charge >= 0.3 is 5.97 Å². The first-order valence-corrected chi connectivity index (χ1v) is 6.36. The fraction of sp³-hybridized carbons (Fsp3) is 0.333. The summed E-state index contributed by atoms with van der Waals surface area (Å²) >= 11 is 0. The van der Waals surface area contributed by atoms with E-state index in [-0.39, 0.29) is 18.0 Å². The Balaban J connectivity index is 1.72. The molecule has 1 heterocycles. The Morgan fingerprint density at radius 3 is 2.84 bits per heavy atom. The quantitative estimate of drug-likeness (QED) is 0.793. The first-order valence-electron chi connectivity index (χ1n) is 6.36. The maximum atomic E-state index is 11.3. The summed E-state index contributed by atoms with van der Waals surface area (Å²) in [4.78, 5) is 15.7. The van der Waals surface area contributed by atoms with Crippen molar-refractivity contribution in [2.45, 2.75) is 18.9 Å². The van der Waals surface area contributed by atoms with Crippen molar-refractivity contribution < 1.29 is 14.3 Å². The molecule has 1 aromatic carbocycles. The van der Waals surface area contributed by atoms with Crippen molar-refractivity contribution in [3.05, 3.63) is 36.5 Å². The summed E-state index contributed by atoms with van der Waals surface area (Å²) in [6.45, 7) is 0. The lowest BCUT2D eigenvalue weighted by Crippen LogP contribution is -2.38. The summed E-state index contributed by atoms with van der Waals surface area (Å²) in [7, 11) is 1.42. The lowest BCUT2D eigenvalue weighted by Gasteiger charge is -2.33. The van der Waals surface area contributed by atoms with Crippen LogP contribution in [0.1, 0.15) is 12.8 Å². The molecule has 0 bridgehead atoms. The third kappa shape index (κ3) is 2.26. The third-order valence-corrected chi connectivity index (χ3v) is 3.52. The van der Waals surface area contributed by atoms with Crippen LogP contribution in [0.5, 0.6) is 5.75 Å². The van der Waals surface area contributed by atoms with Crippen molar-refractivity contribution in [1.82, 2.24) is 4.98 Å². The van der Waals surface area contributed by atoms with Gasteiger partial charge in [0, 0.05) is 11.6 Å². The Kier molecular flexibility index (Phi) is 3.07. The lowest BCUT2D eigenvalue weighted by atomic mass is 9.82. The predicted molar refractivity (Wildman–Crippen MR) is 70.9 cm³/mol. The van der Waals surface area contributed by atoms with E-state index in [2.05, 4.69) is 4.98 Å². The molecule has 0 radical (unpaired) electrons. The summed E-state index contributed by atoms with van der Waals surface area (Å²) in [6.07, 6.45) is 3.27. The maximum Gasteiger partial charge on any atom is 0.308 e. The van der Waals surface area contributed by atoms with E-state index in [9.17, 15) is 4.79 Å². The van der Waals surface area contributed by atoms with Gasteiger partial charge in [0.1, 0.15) is 17.4 Å². The minimum atomic E-state index is -0.143. The molecule has 3 rings (SSSR count). The van der Waals surface area contributed by atoms with E-state index in [1.807, 2.05) is 30.3 Å². The molecule has 0 amide bonds.